The van der Waals surface area contributed by atoms with Gasteiger partial charge in [0.1, 0.15) is 11.6 Å². The molecule has 0 aliphatic heterocycles. The van der Waals surface area contributed by atoms with Crippen molar-refractivity contribution in [3.05, 3.63) is 53.6 Å². The van der Waals surface area contributed by atoms with Gasteiger partial charge in [-0.1, -0.05) is 35.5 Å². The highest BCUT2D eigenvalue weighted by molar-refractivity contribution is 7.98. The van der Waals surface area contributed by atoms with Crippen molar-refractivity contribution in [3.8, 4) is 22.7 Å². The molecule has 0 unspecified atom stereocenters. The van der Waals surface area contributed by atoms with Crippen LogP contribution in [0.3, 0.4) is 0 Å². The molecule has 0 aliphatic carbocycles. The van der Waals surface area contributed by atoms with E-state index in [1.165, 1.54) is 11.8 Å². The number of thioether (sulfide) groups is 1. The topological polar surface area (TPSA) is 78.9 Å². The van der Waals surface area contributed by atoms with Crippen LogP contribution in [0.2, 0.25) is 5.02 Å². The number of fused-ring (bicyclic) bond motifs is 1. The van der Waals surface area contributed by atoms with E-state index in [9.17, 15) is 0 Å². The van der Waals surface area contributed by atoms with Crippen molar-refractivity contribution in [1.82, 2.24) is 19.7 Å². The first-order chi connectivity index (χ1) is 13.1. The lowest BCUT2D eigenvalue weighted by molar-refractivity contribution is 0.415. The zero-order valence-corrected chi connectivity index (χ0v) is 16.3. The van der Waals surface area contributed by atoms with Crippen LogP contribution in [-0.4, -0.2) is 33.1 Å². The number of nitrogens with zero attached hydrogens (tertiary/aromatic N) is 4. The molecule has 0 atom stereocenters. The third-order valence-electron chi connectivity index (χ3n) is 4.15. The summed E-state index contributed by atoms with van der Waals surface area (Å²) in [7, 11) is 1.63. The Labute approximate surface area is 165 Å². The van der Waals surface area contributed by atoms with Gasteiger partial charge in [0.15, 0.2) is 10.8 Å². The Bertz CT molecular complexity index is 1130. The molecule has 136 valence electrons. The van der Waals surface area contributed by atoms with E-state index in [2.05, 4.69) is 15.1 Å². The van der Waals surface area contributed by atoms with Gasteiger partial charge in [-0.05, 0) is 42.7 Å². The lowest BCUT2D eigenvalue weighted by Crippen LogP contribution is -2.01. The molecule has 4 rings (SSSR count). The summed E-state index contributed by atoms with van der Waals surface area (Å²) < 4.78 is 7.00. The van der Waals surface area contributed by atoms with Crippen LogP contribution in [-0.2, 0) is 0 Å². The summed E-state index contributed by atoms with van der Waals surface area (Å²) in [5, 5.41) is 6.58. The number of nitrogen functional groups attached to an aromatic ring is 1. The molecular formula is C19H16ClN5OS. The highest BCUT2D eigenvalue weighted by atomic mass is 35.5. The molecule has 0 amide bonds. The first-order valence-corrected chi connectivity index (χ1v) is 9.71. The summed E-state index contributed by atoms with van der Waals surface area (Å²) >= 11 is 7.45. The average Bonchev–Trinajstić information content (AvgIpc) is 3.04. The Morgan fingerprint density at radius 2 is 1.89 bits per heavy atom. The molecule has 6 nitrogen and oxygen atoms in total. The Morgan fingerprint density at radius 1 is 1.11 bits per heavy atom. The smallest absolute Gasteiger partial charge is 0.190 e. The molecule has 0 spiro atoms. The fourth-order valence-electron chi connectivity index (χ4n) is 2.84. The predicted molar refractivity (Wildman–Crippen MR) is 110 cm³/mol. The van der Waals surface area contributed by atoms with Gasteiger partial charge >= 0.3 is 0 Å². The lowest BCUT2D eigenvalue weighted by Gasteiger charge is -2.07. The summed E-state index contributed by atoms with van der Waals surface area (Å²) in [5.74, 6) is 1.21. The van der Waals surface area contributed by atoms with Crippen LogP contribution >= 0.6 is 23.4 Å². The molecule has 0 bridgehead atoms. The van der Waals surface area contributed by atoms with Gasteiger partial charge in [0.05, 0.1) is 23.9 Å². The number of rotatable bonds is 4. The van der Waals surface area contributed by atoms with E-state index in [1.807, 2.05) is 42.7 Å². The van der Waals surface area contributed by atoms with Crippen LogP contribution in [0.1, 0.15) is 0 Å². The second-order valence-electron chi connectivity index (χ2n) is 5.76. The van der Waals surface area contributed by atoms with E-state index in [4.69, 9.17) is 22.1 Å². The van der Waals surface area contributed by atoms with Crippen LogP contribution in [0, 0.1) is 0 Å². The molecule has 2 aromatic carbocycles. The van der Waals surface area contributed by atoms with E-state index < -0.39 is 0 Å². The zero-order chi connectivity index (χ0) is 19.0. The molecule has 2 aromatic heterocycles. The number of anilines is 1. The molecule has 4 aromatic rings. The Balaban J connectivity index is 1.99. The summed E-state index contributed by atoms with van der Waals surface area (Å²) in [4.78, 5) is 9.22. The fourth-order valence-corrected chi connectivity index (χ4v) is 3.33. The van der Waals surface area contributed by atoms with Crippen molar-refractivity contribution >= 4 is 40.2 Å². The minimum absolute atomic E-state index is 0.470. The summed E-state index contributed by atoms with van der Waals surface area (Å²) in [6.45, 7) is 0. The second-order valence-corrected chi connectivity index (χ2v) is 6.97. The van der Waals surface area contributed by atoms with Crippen LogP contribution in [0.15, 0.2) is 53.7 Å². The van der Waals surface area contributed by atoms with Gasteiger partial charge in [0, 0.05) is 10.6 Å². The number of hydrogen-bond acceptors (Lipinski definition) is 6. The SMILES string of the molecule is COc1cccc(-c2nc(SC)nc3nn(-c4ccc(Cl)cc4)c(N)c23)c1. The van der Waals surface area contributed by atoms with Crippen molar-refractivity contribution < 1.29 is 4.74 Å². The number of methoxy groups -OCH3 is 1. The van der Waals surface area contributed by atoms with Gasteiger partial charge in [-0.3, -0.25) is 0 Å². The minimum atomic E-state index is 0.470. The zero-order valence-electron chi connectivity index (χ0n) is 14.7. The molecule has 0 radical (unpaired) electrons. The van der Waals surface area contributed by atoms with E-state index >= 15 is 0 Å². The van der Waals surface area contributed by atoms with Gasteiger partial charge in [0.2, 0.25) is 0 Å². The van der Waals surface area contributed by atoms with Crippen molar-refractivity contribution in [2.24, 2.45) is 0 Å². The van der Waals surface area contributed by atoms with Crippen LogP contribution < -0.4 is 10.5 Å². The maximum atomic E-state index is 6.46. The second kappa shape index (κ2) is 7.09. The Hall–Kier alpha value is -2.77. The molecule has 0 fully saturated rings. The first-order valence-electron chi connectivity index (χ1n) is 8.11. The van der Waals surface area contributed by atoms with Crippen LogP contribution in [0.4, 0.5) is 5.82 Å². The number of halogens is 1. The van der Waals surface area contributed by atoms with Crippen molar-refractivity contribution in [1.29, 1.82) is 0 Å². The number of hydrogen-bond donors (Lipinski definition) is 1. The fraction of sp³-hybridized carbons (Fsp3) is 0.105. The number of ether oxygens (including phenoxy) is 1. The number of nitrogens with two attached hydrogens (primary N) is 1. The third-order valence-corrected chi connectivity index (χ3v) is 4.95. The normalized spacial score (nSPS) is 11.1. The molecule has 0 saturated carbocycles. The largest absolute Gasteiger partial charge is 0.497 e. The molecule has 0 aliphatic rings. The molecule has 0 saturated heterocycles. The van der Waals surface area contributed by atoms with Crippen molar-refractivity contribution in [3.63, 3.8) is 0 Å². The van der Waals surface area contributed by atoms with E-state index in [0.29, 0.717) is 27.0 Å². The van der Waals surface area contributed by atoms with Crippen LogP contribution in [0.5, 0.6) is 5.75 Å². The quantitative estimate of drug-likeness (QED) is 0.405. The molecule has 2 heterocycles. The standard InChI is InChI=1S/C19H16ClN5OS/c1-26-14-5-3-4-11(10-14)16-15-17(21)25(13-8-6-12(20)7-9-13)24-18(15)23-19(22-16)27-2/h3-10H,21H2,1-2H3. The van der Waals surface area contributed by atoms with Gasteiger partial charge in [-0.15, -0.1) is 5.10 Å². The van der Waals surface area contributed by atoms with Crippen LogP contribution in [0.25, 0.3) is 28.0 Å². The molecule has 8 heteroatoms. The number of aromatic nitrogens is 4. The maximum absolute atomic E-state index is 6.46. The maximum Gasteiger partial charge on any atom is 0.190 e. The third kappa shape index (κ3) is 3.20. The van der Waals surface area contributed by atoms with Gasteiger partial charge in [-0.2, -0.15) is 0 Å². The summed E-state index contributed by atoms with van der Waals surface area (Å²) in [6.07, 6.45) is 1.93. The summed E-state index contributed by atoms with van der Waals surface area (Å²) in [6, 6.07) is 15.0. The monoisotopic (exact) mass is 397 g/mol. The lowest BCUT2D eigenvalue weighted by atomic mass is 10.1. The Morgan fingerprint density at radius 3 is 2.59 bits per heavy atom. The van der Waals surface area contributed by atoms with E-state index in [0.717, 1.165) is 22.7 Å². The first kappa shape index (κ1) is 17.6. The van der Waals surface area contributed by atoms with E-state index in [1.54, 1.807) is 23.9 Å². The highest BCUT2D eigenvalue weighted by Crippen LogP contribution is 2.34. The average molecular weight is 398 g/mol. The highest BCUT2D eigenvalue weighted by Gasteiger charge is 2.19. The van der Waals surface area contributed by atoms with Gasteiger partial charge < -0.3 is 10.5 Å². The molecule has 2 N–H and O–H groups in total. The predicted octanol–water partition coefficient (Wildman–Crippen LogP) is 4.45. The number of benzene rings is 2. The van der Waals surface area contributed by atoms with E-state index in [-0.39, 0.29) is 0 Å². The minimum Gasteiger partial charge on any atom is -0.497 e. The summed E-state index contributed by atoms with van der Waals surface area (Å²) in [5.41, 5.74) is 9.41. The molecular weight excluding hydrogens is 382 g/mol. The Kier molecular flexibility index (Phi) is 4.63. The van der Waals surface area contributed by atoms with Gasteiger partial charge in [-0.25, -0.2) is 14.6 Å². The van der Waals surface area contributed by atoms with Crippen molar-refractivity contribution in [2.45, 2.75) is 5.16 Å². The van der Waals surface area contributed by atoms with Gasteiger partial charge in [0.25, 0.3) is 0 Å². The van der Waals surface area contributed by atoms with Crippen molar-refractivity contribution in [2.75, 3.05) is 19.1 Å². The molecule has 27 heavy (non-hydrogen) atoms.